The van der Waals surface area contributed by atoms with Gasteiger partial charge in [0.2, 0.25) is 0 Å². The number of ether oxygens (including phenoxy) is 2. The predicted octanol–water partition coefficient (Wildman–Crippen LogP) is 3.19. The minimum atomic E-state index is -0.204. The molecule has 1 aromatic carbocycles. The van der Waals surface area contributed by atoms with Gasteiger partial charge < -0.3 is 14.5 Å². The molecule has 96 valence electrons. The summed E-state index contributed by atoms with van der Waals surface area (Å²) in [6, 6.07) is 5.65. The average Bonchev–Trinajstić information content (AvgIpc) is 2.65. The van der Waals surface area contributed by atoms with Gasteiger partial charge in [-0.1, -0.05) is 6.92 Å². The molecule has 0 aliphatic carbocycles. The Balaban J connectivity index is 2.41. The van der Waals surface area contributed by atoms with E-state index in [2.05, 4.69) is 4.98 Å². The van der Waals surface area contributed by atoms with Gasteiger partial charge in [-0.05, 0) is 31.5 Å². The largest absolute Gasteiger partial charge is 0.497 e. The van der Waals surface area contributed by atoms with Crippen LogP contribution in [0.2, 0.25) is 0 Å². The van der Waals surface area contributed by atoms with Crippen LogP contribution in [0.15, 0.2) is 18.2 Å². The SMILES string of the molecule is CCCC(=O)Oc1c(C)[nH]c2ccc(OC)cc12. The van der Waals surface area contributed by atoms with E-state index in [0.717, 1.165) is 28.8 Å². The van der Waals surface area contributed by atoms with Crippen molar-refractivity contribution in [3.63, 3.8) is 0 Å². The third kappa shape index (κ3) is 2.32. The fraction of sp³-hybridized carbons (Fsp3) is 0.357. The highest BCUT2D eigenvalue weighted by atomic mass is 16.5. The molecule has 4 nitrogen and oxygen atoms in total. The molecular formula is C14H17NO3. The molecule has 0 unspecified atom stereocenters. The van der Waals surface area contributed by atoms with E-state index in [-0.39, 0.29) is 5.97 Å². The highest BCUT2D eigenvalue weighted by Crippen LogP contribution is 2.32. The molecule has 2 rings (SSSR count). The van der Waals surface area contributed by atoms with Gasteiger partial charge in [0, 0.05) is 17.3 Å². The van der Waals surface area contributed by atoms with Gasteiger partial charge in [0.1, 0.15) is 5.75 Å². The molecule has 0 saturated heterocycles. The lowest BCUT2D eigenvalue weighted by molar-refractivity contribution is -0.134. The van der Waals surface area contributed by atoms with Crippen LogP contribution in [0, 0.1) is 6.92 Å². The summed E-state index contributed by atoms with van der Waals surface area (Å²) in [7, 11) is 1.61. The Morgan fingerprint density at radius 3 is 2.83 bits per heavy atom. The fourth-order valence-electron chi connectivity index (χ4n) is 1.91. The van der Waals surface area contributed by atoms with Gasteiger partial charge in [-0.2, -0.15) is 0 Å². The van der Waals surface area contributed by atoms with Gasteiger partial charge in [-0.15, -0.1) is 0 Å². The van der Waals surface area contributed by atoms with E-state index in [0.29, 0.717) is 12.2 Å². The van der Waals surface area contributed by atoms with Crippen LogP contribution in [0.25, 0.3) is 10.9 Å². The number of methoxy groups -OCH3 is 1. The lowest BCUT2D eigenvalue weighted by Gasteiger charge is -2.04. The minimum Gasteiger partial charge on any atom is -0.497 e. The van der Waals surface area contributed by atoms with E-state index >= 15 is 0 Å². The van der Waals surface area contributed by atoms with Crippen molar-refractivity contribution < 1.29 is 14.3 Å². The smallest absolute Gasteiger partial charge is 0.311 e. The minimum absolute atomic E-state index is 0.204. The van der Waals surface area contributed by atoms with Crippen LogP contribution in [-0.2, 0) is 4.79 Å². The average molecular weight is 247 g/mol. The zero-order valence-corrected chi connectivity index (χ0v) is 10.9. The number of carbonyl (C=O) groups is 1. The fourth-order valence-corrected chi connectivity index (χ4v) is 1.91. The van der Waals surface area contributed by atoms with E-state index in [9.17, 15) is 4.79 Å². The van der Waals surface area contributed by atoms with E-state index in [1.807, 2.05) is 32.0 Å². The highest BCUT2D eigenvalue weighted by molar-refractivity contribution is 5.91. The van der Waals surface area contributed by atoms with Gasteiger partial charge in [0.05, 0.1) is 12.8 Å². The number of hydrogen-bond donors (Lipinski definition) is 1. The number of fused-ring (bicyclic) bond motifs is 1. The van der Waals surface area contributed by atoms with Crippen molar-refractivity contribution in [1.82, 2.24) is 4.98 Å². The predicted molar refractivity (Wildman–Crippen MR) is 70.1 cm³/mol. The second kappa shape index (κ2) is 5.12. The van der Waals surface area contributed by atoms with Crippen molar-refractivity contribution >= 4 is 16.9 Å². The van der Waals surface area contributed by atoms with Crippen molar-refractivity contribution in [3.8, 4) is 11.5 Å². The zero-order valence-electron chi connectivity index (χ0n) is 10.9. The Morgan fingerprint density at radius 2 is 2.17 bits per heavy atom. The first-order valence-electron chi connectivity index (χ1n) is 6.02. The summed E-state index contributed by atoms with van der Waals surface area (Å²) < 4.78 is 10.6. The molecule has 18 heavy (non-hydrogen) atoms. The van der Waals surface area contributed by atoms with Gasteiger partial charge in [0.25, 0.3) is 0 Å². The first-order valence-corrected chi connectivity index (χ1v) is 6.02. The quantitative estimate of drug-likeness (QED) is 0.844. The summed E-state index contributed by atoms with van der Waals surface area (Å²) in [5, 5.41) is 0.872. The van der Waals surface area contributed by atoms with E-state index in [1.54, 1.807) is 7.11 Å². The van der Waals surface area contributed by atoms with Crippen molar-refractivity contribution in [2.75, 3.05) is 7.11 Å². The number of aromatic nitrogens is 1. The molecule has 0 aliphatic rings. The maximum atomic E-state index is 11.6. The second-order valence-electron chi connectivity index (χ2n) is 4.21. The second-order valence-corrected chi connectivity index (χ2v) is 4.21. The zero-order chi connectivity index (χ0) is 13.1. The number of nitrogens with one attached hydrogen (secondary N) is 1. The Labute approximate surface area is 106 Å². The number of H-pyrrole nitrogens is 1. The number of benzene rings is 1. The Bertz CT molecular complexity index is 572. The molecule has 0 spiro atoms. The summed E-state index contributed by atoms with van der Waals surface area (Å²) >= 11 is 0. The molecule has 0 saturated carbocycles. The van der Waals surface area contributed by atoms with Crippen LogP contribution < -0.4 is 9.47 Å². The summed E-state index contributed by atoms with van der Waals surface area (Å²) in [6.45, 7) is 3.84. The molecule has 4 heteroatoms. The summed E-state index contributed by atoms with van der Waals surface area (Å²) in [4.78, 5) is 14.8. The first-order chi connectivity index (χ1) is 8.65. The van der Waals surface area contributed by atoms with Crippen LogP contribution in [0.3, 0.4) is 0 Å². The summed E-state index contributed by atoms with van der Waals surface area (Å²) in [6.07, 6.45) is 1.21. The van der Waals surface area contributed by atoms with Crippen LogP contribution in [0.1, 0.15) is 25.5 Å². The highest BCUT2D eigenvalue weighted by Gasteiger charge is 2.13. The van der Waals surface area contributed by atoms with Gasteiger partial charge in [0.15, 0.2) is 5.75 Å². The third-order valence-corrected chi connectivity index (χ3v) is 2.80. The summed E-state index contributed by atoms with van der Waals surface area (Å²) in [5.74, 6) is 1.14. The van der Waals surface area contributed by atoms with Crippen LogP contribution in [0.5, 0.6) is 11.5 Å². The molecule has 1 N–H and O–H groups in total. The van der Waals surface area contributed by atoms with Gasteiger partial charge in [-0.3, -0.25) is 4.79 Å². The first kappa shape index (κ1) is 12.5. The molecule has 1 aromatic heterocycles. The standard InChI is InChI=1S/C14H17NO3/c1-4-5-13(16)18-14-9(2)15-12-7-6-10(17-3)8-11(12)14/h6-8,15H,4-5H2,1-3H3. The number of rotatable bonds is 4. The Hall–Kier alpha value is -1.97. The van der Waals surface area contributed by atoms with Crippen LogP contribution >= 0.6 is 0 Å². The van der Waals surface area contributed by atoms with Crippen LogP contribution in [0.4, 0.5) is 0 Å². The molecule has 0 atom stereocenters. The lowest BCUT2D eigenvalue weighted by atomic mass is 10.2. The van der Waals surface area contributed by atoms with Crippen molar-refractivity contribution in [2.24, 2.45) is 0 Å². The number of hydrogen-bond acceptors (Lipinski definition) is 3. The molecule has 0 aliphatic heterocycles. The lowest BCUT2D eigenvalue weighted by Crippen LogP contribution is -2.07. The maximum Gasteiger partial charge on any atom is 0.311 e. The normalized spacial score (nSPS) is 10.6. The Kier molecular flexibility index (Phi) is 3.55. The van der Waals surface area contributed by atoms with Crippen molar-refractivity contribution in [1.29, 1.82) is 0 Å². The molecule has 1 heterocycles. The van der Waals surface area contributed by atoms with Crippen molar-refractivity contribution in [3.05, 3.63) is 23.9 Å². The van der Waals surface area contributed by atoms with Gasteiger partial charge in [-0.25, -0.2) is 0 Å². The number of carbonyl (C=O) groups excluding carboxylic acids is 1. The number of aryl methyl sites for hydroxylation is 1. The molecule has 0 radical (unpaired) electrons. The molecule has 2 aromatic rings. The summed E-state index contributed by atoms with van der Waals surface area (Å²) in [5.41, 5.74) is 1.79. The monoisotopic (exact) mass is 247 g/mol. The van der Waals surface area contributed by atoms with E-state index in [4.69, 9.17) is 9.47 Å². The maximum absolute atomic E-state index is 11.6. The molecular weight excluding hydrogens is 230 g/mol. The molecule has 0 amide bonds. The molecule has 0 fully saturated rings. The van der Waals surface area contributed by atoms with E-state index in [1.165, 1.54) is 0 Å². The number of esters is 1. The number of aromatic amines is 1. The third-order valence-electron chi connectivity index (χ3n) is 2.80. The van der Waals surface area contributed by atoms with Gasteiger partial charge >= 0.3 is 5.97 Å². The Morgan fingerprint density at radius 1 is 1.39 bits per heavy atom. The molecule has 0 bridgehead atoms. The topological polar surface area (TPSA) is 51.3 Å². The van der Waals surface area contributed by atoms with E-state index < -0.39 is 0 Å². The van der Waals surface area contributed by atoms with Crippen molar-refractivity contribution in [2.45, 2.75) is 26.7 Å². The van der Waals surface area contributed by atoms with Crippen LogP contribution in [-0.4, -0.2) is 18.1 Å².